The Bertz CT molecular complexity index is 867. The lowest BCUT2D eigenvalue weighted by atomic mass is 10.1. The molecule has 138 valence electrons. The minimum absolute atomic E-state index is 0.0968. The van der Waals surface area contributed by atoms with E-state index >= 15 is 0 Å². The van der Waals surface area contributed by atoms with E-state index in [4.69, 9.17) is 11.6 Å². The van der Waals surface area contributed by atoms with Crippen LogP contribution >= 0.6 is 11.6 Å². The van der Waals surface area contributed by atoms with E-state index in [1.54, 1.807) is 12.1 Å². The largest absolute Gasteiger partial charge is 0.362 e. The van der Waals surface area contributed by atoms with Crippen molar-refractivity contribution in [3.8, 4) is 0 Å². The van der Waals surface area contributed by atoms with Gasteiger partial charge in [-0.15, -0.1) is 10.2 Å². The minimum atomic E-state index is -0.237. The van der Waals surface area contributed by atoms with Crippen LogP contribution in [0, 0.1) is 0 Å². The number of carbonyl (C=O) groups is 1. The third-order valence-electron chi connectivity index (χ3n) is 4.17. The summed E-state index contributed by atoms with van der Waals surface area (Å²) < 4.78 is 0. The zero-order valence-electron chi connectivity index (χ0n) is 15.0. The molecule has 0 aliphatic rings. The van der Waals surface area contributed by atoms with Crippen LogP contribution in [0.4, 0.5) is 5.82 Å². The summed E-state index contributed by atoms with van der Waals surface area (Å²) in [4.78, 5) is 12.2. The van der Waals surface area contributed by atoms with Crippen molar-refractivity contribution < 1.29 is 4.79 Å². The Kier molecular flexibility index (Phi) is 6.39. The van der Waals surface area contributed by atoms with Gasteiger partial charge >= 0.3 is 0 Å². The highest BCUT2D eigenvalue weighted by molar-refractivity contribution is 6.30. The van der Waals surface area contributed by atoms with E-state index in [1.165, 1.54) is 0 Å². The molecule has 1 heterocycles. The van der Waals surface area contributed by atoms with Gasteiger partial charge < -0.3 is 10.6 Å². The molecule has 0 saturated heterocycles. The molecule has 1 unspecified atom stereocenters. The fourth-order valence-corrected chi connectivity index (χ4v) is 2.77. The zero-order chi connectivity index (χ0) is 19.1. The van der Waals surface area contributed by atoms with Crippen LogP contribution < -0.4 is 10.6 Å². The van der Waals surface area contributed by atoms with Crippen molar-refractivity contribution in [3.05, 3.63) is 88.6 Å². The molecule has 0 radical (unpaired) electrons. The Morgan fingerprint density at radius 3 is 2.41 bits per heavy atom. The summed E-state index contributed by atoms with van der Waals surface area (Å²) in [6.07, 6.45) is 0.727. The number of halogens is 1. The van der Waals surface area contributed by atoms with Crippen molar-refractivity contribution in [3.63, 3.8) is 0 Å². The van der Waals surface area contributed by atoms with Crippen molar-refractivity contribution in [2.75, 3.05) is 11.9 Å². The Morgan fingerprint density at radius 2 is 1.74 bits per heavy atom. The van der Waals surface area contributed by atoms with E-state index in [-0.39, 0.29) is 11.9 Å². The van der Waals surface area contributed by atoms with E-state index in [0.29, 0.717) is 23.1 Å². The first-order chi connectivity index (χ1) is 13.1. The predicted octanol–water partition coefficient (Wildman–Crippen LogP) is 4.28. The molecular formula is C21H21ClN4O. The van der Waals surface area contributed by atoms with Gasteiger partial charge in [-0.05, 0) is 48.7 Å². The number of amides is 1. The van der Waals surface area contributed by atoms with Crippen molar-refractivity contribution >= 4 is 23.3 Å². The number of nitrogens with zero attached hydrogens (tertiary/aromatic N) is 2. The second-order valence-electron chi connectivity index (χ2n) is 6.21. The maximum Gasteiger partial charge on any atom is 0.271 e. The van der Waals surface area contributed by atoms with E-state index in [9.17, 15) is 4.79 Å². The Hall–Kier alpha value is -2.92. The number of rotatable bonds is 7. The van der Waals surface area contributed by atoms with E-state index < -0.39 is 0 Å². The number of aromatic nitrogens is 2. The molecule has 1 atom stereocenters. The van der Waals surface area contributed by atoms with E-state index in [2.05, 4.69) is 20.8 Å². The first-order valence-corrected chi connectivity index (χ1v) is 9.17. The van der Waals surface area contributed by atoms with Gasteiger partial charge in [0.25, 0.3) is 5.91 Å². The van der Waals surface area contributed by atoms with Gasteiger partial charge in [0.05, 0.1) is 0 Å². The second-order valence-corrected chi connectivity index (χ2v) is 6.65. The molecule has 6 heteroatoms. The van der Waals surface area contributed by atoms with Gasteiger partial charge in [-0.25, -0.2) is 0 Å². The third-order valence-corrected chi connectivity index (χ3v) is 4.43. The molecule has 0 aliphatic carbocycles. The topological polar surface area (TPSA) is 66.9 Å². The highest BCUT2D eigenvalue weighted by Crippen LogP contribution is 2.16. The molecule has 0 bridgehead atoms. The quantitative estimate of drug-likeness (QED) is 0.642. The number of nitrogens with one attached hydrogen (secondary N) is 2. The summed E-state index contributed by atoms with van der Waals surface area (Å²) in [6, 6.07) is 21.2. The molecule has 1 aromatic heterocycles. The van der Waals surface area contributed by atoms with Crippen LogP contribution in [-0.2, 0) is 6.42 Å². The molecular weight excluding hydrogens is 360 g/mol. The van der Waals surface area contributed by atoms with Gasteiger partial charge in [0.1, 0.15) is 5.82 Å². The SMILES string of the molecule is CC(Nc1ccc(C(=O)NCCc2ccc(Cl)cc2)nn1)c1ccccc1. The average molecular weight is 381 g/mol. The molecule has 5 nitrogen and oxygen atoms in total. The van der Waals surface area contributed by atoms with Gasteiger partial charge in [0, 0.05) is 17.6 Å². The number of benzene rings is 2. The molecule has 2 aromatic carbocycles. The van der Waals surface area contributed by atoms with Gasteiger partial charge in [0.2, 0.25) is 0 Å². The van der Waals surface area contributed by atoms with Crippen LogP contribution in [0.2, 0.25) is 5.02 Å². The van der Waals surface area contributed by atoms with Crippen LogP contribution in [0.3, 0.4) is 0 Å². The maximum absolute atomic E-state index is 12.2. The Labute approximate surface area is 163 Å². The second kappa shape index (κ2) is 9.14. The van der Waals surface area contributed by atoms with Crippen molar-refractivity contribution in [1.29, 1.82) is 0 Å². The highest BCUT2D eigenvalue weighted by Gasteiger charge is 2.10. The molecule has 0 saturated carbocycles. The van der Waals surface area contributed by atoms with Crippen molar-refractivity contribution in [2.45, 2.75) is 19.4 Å². The summed E-state index contributed by atoms with van der Waals surface area (Å²) in [5.41, 5.74) is 2.56. The van der Waals surface area contributed by atoms with Crippen LogP contribution in [0.25, 0.3) is 0 Å². The van der Waals surface area contributed by atoms with Gasteiger partial charge in [-0.3, -0.25) is 4.79 Å². The van der Waals surface area contributed by atoms with Crippen LogP contribution in [0.15, 0.2) is 66.7 Å². The standard InChI is InChI=1S/C21H21ClN4O/c1-15(17-5-3-2-4-6-17)24-20-12-11-19(25-26-20)21(27)23-14-13-16-7-9-18(22)10-8-16/h2-12,15H,13-14H2,1H3,(H,23,27)(H,24,26). The number of hydrogen-bond acceptors (Lipinski definition) is 4. The fourth-order valence-electron chi connectivity index (χ4n) is 2.64. The minimum Gasteiger partial charge on any atom is -0.362 e. The fraction of sp³-hybridized carbons (Fsp3) is 0.190. The molecule has 0 fully saturated rings. The molecule has 3 rings (SSSR count). The number of anilines is 1. The Morgan fingerprint density at radius 1 is 1.00 bits per heavy atom. The van der Waals surface area contributed by atoms with Crippen LogP contribution in [0.1, 0.15) is 34.6 Å². The average Bonchev–Trinajstić information content (AvgIpc) is 2.70. The predicted molar refractivity (Wildman–Crippen MR) is 108 cm³/mol. The summed E-state index contributed by atoms with van der Waals surface area (Å²) in [6.45, 7) is 2.57. The molecule has 0 spiro atoms. The number of hydrogen-bond donors (Lipinski definition) is 2. The third kappa shape index (κ3) is 5.53. The monoisotopic (exact) mass is 380 g/mol. The first-order valence-electron chi connectivity index (χ1n) is 8.79. The lowest BCUT2D eigenvalue weighted by Crippen LogP contribution is -2.26. The van der Waals surface area contributed by atoms with Crippen LogP contribution in [-0.4, -0.2) is 22.6 Å². The van der Waals surface area contributed by atoms with Gasteiger partial charge in [-0.2, -0.15) is 0 Å². The maximum atomic E-state index is 12.2. The lowest BCUT2D eigenvalue weighted by molar-refractivity contribution is 0.0948. The summed E-state index contributed by atoms with van der Waals surface area (Å²) in [5, 5.41) is 15.0. The molecule has 2 N–H and O–H groups in total. The normalized spacial score (nSPS) is 11.6. The van der Waals surface area contributed by atoms with E-state index in [1.807, 2.05) is 61.5 Å². The molecule has 0 aliphatic heterocycles. The van der Waals surface area contributed by atoms with Gasteiger partial charge in [0.15, 0.2) is 5.69 Å². The highest BCUT2D eigenvalue weighted by atomic mass is 35.5. The zero-order valence-corrected chi connectivity index (χ0v) is 15.8. The van der Waals surface area contributed by atoms with E-state index in [0.717, 1.165) is 17.5 Å². The summed E-state index contributed by atoms with van der Waals surface area (Å²) in [7, 11) is 0. The molecule has 1 amide bonds. The van der Waals surface area contributed by atoms with Crippen molar-refractivity contribution in [1.82, 2.24) is 15.5 Å². The smallest absolute Gasteiger partial charge is 0.271 e. The van der Waals surface area contributed by atoms with Crippen molar-refractivity contribution in [2.24, 2.45) is 0 Å². The summed E-state index contributed by atoms with van der Waals surface area (Å²) >= 11 is 5.87. The molecule has 3 aromatic rings. The lowest BCUT2D eigenvalue weighted by Gasteiger charge is -2.14. The summed E-state index contributed by atoms with van der Waals surface area (Å²) in [5.74, 6) is 0.392. The van der Waals surface area contributed by atoms with Crippen LogP contribution in [0.5, 0.6) is 0 Å². The first kappa shape index (κ1) is 18.9. The Balaban J connectivity index is 1.50. The number of carbonyl (C=O) groups excluding carboxylic acids is 1. The van der Waals surface area contributed by atoms with Gasteiger partial charge in [-0.1, -0.05) is 54.1 Å². The molecule has 27 heavy (non-hydrogen) atoms.